The fraction of sp³-hybridized carbons (Fsp3) is 0.857. The Kier molecular flexibility index (Phi) is 4.65. The third-order valence-electron chi connectivity index (χ3n) is 3.95. The number of hydrogen-bond donors (Lipinski definition) is 0. The van der Waals surface area contributed by atoms with Crippen LogP contribution in [0.4, 0.5) is 4.79 Å². The van der Waals surface area contributed by atoms with Crippen molar-refractivity contribution >= 4 is 11.9 Å². The molecule has 0 aliphatic carbocycles. The Morgan fingerprint density at radius 2 is 1.85 bits per heavy atom. The molecule has 2 heterocycles. The molecular weight excluding hydrogens is 262 g/mol. The van der Waals surface area contributed by atoms with Gasteiger partial charge < -0.3 is 14.2 Å². The van der Waals surface area contributed by atoms with Crippen LogP contribution in [0.25, 0.3) is 0 Å². The number of piperidine rings is 1. The van der Waals surface area contributed by atoms with Gasteiger partial charge in [0, 0.05) is 25.7 Å². The lowest BCUT2D eigenvalue weighted by molar-refractivity contribution is -0.254. The van der Waals surface area contributed by atoms with Gasteiger partial charge in [-0.1, -0.05) is 0 Å². The first-order valence-corrected chi connectivity index (χ1v) is 7.36. The van der Waals surface area contributed by atoms with E-state index in [0.717, 1.165) is 6.42 Å². The molecular formula is C14H23NO5. The van der Waals surface area contributed by atoms with Crippen LogP contribution < -0.4 is 0 Å². The molecule has 0 saturated carbocycles. The molecule has 2 unspecified atom stereocenters. The SMILES string of the molecule is CCOC(=O)N1C2CCC1C(OCC)(OCC)C(=O)C2. The highest BCUT2D eigenvalue weighted by atomic mass is 16.7. The smallest absolute Gasteiger partial charge is 0.410 e. The van der Waals surface area contributed by atoms with Crippen molar-refractivity contribution in [2.75, 3.05) is 19.8 Å². The number of nitrogens with zero attached hydrogens (tertiary/aromatic N) is 1. The average molecular weight is 285 g/mol. The molecule has 2 aliphatic heterocycles. The molecule has 0 aromatic rings. The van der Waals surface area contributed by atoms with Crippen LogP contribution in [0.1, 0.15) is 40.0 Å². The van der Waals surface area contributed by atoms with Gasteiger partial charge in [0.1, 0.15) is 0 Å². The number of carbonyl (C=O) groups is 2. The minimum Gasteiger partial charge on any atom is -0.450 e. The first kappa shape index (κ1) is 15.3. The van der Waals surface area contributed by atoms with Gasteiger partial charge in [-0.25, -0.2) is 4.79 Å². The molecule has 1 amide bonds. The van der Waals surface area contributed by atoms with Crippen molar-refractivity contribution in [3.8, 4) is 0 Å². The largest absolute Gasteiger partial charge is 0.450 e. The summed E-state index contributed by atoms with van der Waals surface area (Å²) in [6.07, 6.45) is 1.39. The van der Waals surface area contributed by atoms with Gasteiger partial charge in [0.05, 0.1) is 12.6 Å². The Balaban J connectivity index is 2.31. The molecule has 6 nitrogen and oxygen atoms in total. The summed E-state index contributed by atoms with van der Waals surface area (Å²) in [5.74, 6) is -1.38. The molecule has 2 rings (SSSR count). The van der Waals surface area contributed by atoms with Crippen LogP contribution in [0.15, 0.2) is 0 Å². The summed E-state index contributed by atoms with van der Waals surface area (Å²) in [7, 11) is 0. The standard InChI is InChI=1S/C14H23NO5/c1-4-18-13(17)15-10-7-8-11(15)14(19-5-2,20-6-3)12(16)9-10/h10-11H,4-9H2,1-3H3. The topological polar surface area (TPSA) is 65.1 Å². The molecule has 2 bridgehead atoms. The van der Waals surface area contributed by atoms with E-state index in [-0.39, 0.29) is 30.4 Å². The average Bonchev–Trinajstić information content (AvgIpc) is 2.76. The number of hydrogen-bond acceptors (Lipinski definition) is 5. The fourth-order valence-corrected chi connectivity index (χ4v) is 3.30. The van der Waals surface area contributed by atoms with Crippen LogP contribution >= 0.6 is 0 Å². The molecule has 0 radical (unpaired) electrons. The van der Waals surface area contributed by atoms with E-state index >= 15 is 0 Å². The van der Waals surface area contributed by atoms with E-state index in [1.165, 1.54) is 0 Å². The predicted molar refractivity (Wildman–Crippen MR) is 71.3 cm³/mol. The van der Waals surface area contributed by atoms with Crippen molar-refractivity contribution in [3.05, 3.63) is 0 Å². The summed E-state index contributed by atoms with van der Waals surface area (Å²) in [4.78, 5) is 26.2. The van der Waals surface area contributed by atoms with Crippen molar-refractivity contribution in [1.82, 2.24) is 4.90 Å². The van der Waals surface area contributed by atoms with E-state index in [1.807, 2.05) is 13.8 Å². The summed E-state index contributed by atoms with van der Waals surface area (Å²) in [5.41, 5.74) is 0. The molecule has 20 heavy (non-hydrogen) atoms. The Morgan fingerprint density at radius 3 is 2.40 bits per heavy atom. The number of rotatable bonds is 5. The summed E-state index contributed by atoms with van der Waals surface area (Å²) in [6.45, 7) is 6.47. The molecule has 0 spiro atoms. The van der Waals surface area contributed by atoms with Crippen LogP contribution in [0.5, 0.6) is 0 Å². The molecule has 2 fully saturated rings. The summed E-state index contributed by atoms with van der Waals surface area (Å²) in [6, 6.07) is -0.465. The quantitative estimate of drug-likeness (QED) is 0.720. The number of amides is 1. The maximum Gasteiger partial charge on any atom is 0.410 e. The van der Waals surface area contributed by atoms with Gasteiger partial charge in [0.15, 0.2) is 5.78 Å². The van der Waals surface area contributed by atoms with Crippen molar-refractivity contribution in [1.29, 1.82) is 0 Å². The van der Waals surface area contributed by atoms with Gasteiger partial charge in [-0.3, -0.25) is 9.69 Å². The second-order valence-corrected chi connectivity index (χ2v) is 5.01. The molecule has 114 valence electrons. The number of Topliss-reactive ketones (excluding diaryl/α,β-unsaturated/α-hetero) is 1. The molecule has 2 saturated heterocycles. The zero-order valence-corrected chi connectivity index (χ0v) is 12.4. The van der Waals surface area contributed by atoms with E-state index in [4.69, 9.17) is 14.2 Å². The predicted octanol–water partition coefficient (Wildman–Crippen LogP) is 1.72. The third kappa shape index (κ3) is 2.31. The monoisotopic (exact) mass is 285 g/mol. The highest BCUT2D eigenvalue weighted by Gasteiger charge is 2.60. The van der Waals surface area contributed by atoms with Crippen LogP contribution in [-0.2, 0) is 19.0 Å². The summed E-state index contributed by atoms with van der Waals surface area (Å²) >= 11 is 0. The van der Waals surface area contributed by atoms with Gasteiger partial charge in [-0.05, 0) is 33.6 Å². The zero-order chi connectivity index (χ0) is 14.8. The van der Waals surface area contributed by atoms with E-state index in [2.05, 4.69) is 0 Å². The second-order valence-electron chi connectivity index (χ2n) is 5.01. The first-order valence-electron chi connectivity index (χ1n) is 7.36. The van der Waals surface area contributed by atoms with E-state index in [9.17, 15) is 9.59 Å². The van der Waals surface area contributed by atoms with Gasteiger partial charge >= 0.3 is 6.09 Å². The molecule has 0 N–H and O–H groups in total. The van der Waals surface area contributed by atoms with Gasteiger partial charge in [-0.2, -0.15) is 0 Å². The summed E-state index contributed by atoms with van der Waals surface area (Å²) in [5, 5.41) is 0. The summed E-state index contributed by atoms with van der Waals surface area (Å²) < 4.78 is 16.5. The van der Waals surface area contributed by atoms with Crippen LogP contribution in [-0.4, -0.2) is 54.5 Å². The molecule has 0 aromatic heterocycles. The van der Waals surface area contributed by atoms with Crippen molar-refractivity contribution in [2.24, 2.45) is 0 Å². The number of ketones is 1. The van der Waals surface area contributed by atoms with Gasteiger partial charge in [0.2, 0.25) is 5.79 Å². The maximum absolute atomic E-state index is 12.5. The highest BCUT2D eigenvalue weighted by molar-refractivity contribution is 5.90. The Morgan fingerprint density at radius 1 is 1.20 bits per heavy atom. The van der Waals surface area contributed by atoms with E-state index in [1.54, 1.807) is 11.8 Å². The van der Waals surface area contributed by atoms with Gasteiger partial charge in [0.25, 0.3) is 0 Å². The minimum absolute atomic E-state index is 0.0609. The highest BCUT2D eigenvalue weighted by Crippen LogP contribution is 2.42. The molecule has 2 atom stereocenters. The van der Waals surface area contributed by atoms with Gasteiger partial charge in [-0.15, -0.1) is 0 Å². The number of ether oxygens (including phenoxy) is 3. The first-order chi connectivity index (χ1) is 9.60. The van der Waals surface area contributed by atoms with Crippen LogP contribution in [0.3, 0.4) is 0 Å². The van der Waals surface area contributed by atoms with Crippen LogP contribution in [0.2, 0.25) is 0 Å². The number of fused-ring (bicyclic) bond motifs is 2. The zero-order valence-electron chi connectivity index (χ0n) is 12.4. The van der Waals surface area contributed by atoms with E-state index in [0.29, 0.717) is 26.2 Å². The Bertz CT molecular complexity index is 378. The fourth-order valence-electron chi connectivity index (χ4n) is 3.30. The minimum atomic E-state index is -1.32. The molecule has 6 heteroatoms. The van der Waals surface area contributed by atoms with Crippen molar-refractivity contribution in [2.45, 2.75) is 57.9 Å². The second kappa shape index (κ2) is 6.10. The normalized spacial score (nSPS) is 27.8. The Labute approximate surface area is 119 Å². The third-order valence-corrected chi connectivity index (χ3v) is 3.95. The lowest BCUT2D eigenvalue weighted by Crippen LogP contribution is -2.65. The van der Waals surface area contributed by atoms with Crippen molar-refractivity contribution in [3.63, 3.8) is 0 Å². The van der Waals surface area contributed by atoms with E-state index < -0.39 is 5.79 Å². The lowest BCUT2D eigenvalue weighted by Gasteiger charge is -2.45. The number of carbonyl (C=O) groups excluding carboxylic acids is 2. The molecule has 2 aliphatic rings. The Hall–Kier alpha value is -1.14. The van der Waals surface area contributed by atoms with Crippen molar-refractivity contribution < 1.29 is 23.8 Å². The maximum atomic E-state index is 12.5. The molecule has 0 aromatic carbocycles. The lowest BCUT2D eigenvalue weighted by atomic mass is 9.94. The van der Waals surface area contributed by atoms with Crippen LogP contribution in [0, 0.1) is 0 Å².